The number of hydrogen-bond donors (Lipinski definition) is 2. The Kier molecular flexibility index (Phi) is 7.35. The number of rotatable bonds is 10. The van der Waals surface area contributed by atoms with Crippen molar-refractivity contribution in [3.8, 4) is 11.5 Å². The van der Waals surface area contributed by atoms with E-state index in [0.29, 0.717) is 11.7 Å². The zero-order valence-corrected chi connectivity index (χ0v) is 20.0. The van der Waals surface area contributed by atoms with Gasteiger partial charge in [-0.3, -0.25) is 4.90 Å². The minimum Gasteiger partial charge on any atom is -0.508 e. The minimum atomic E-state index is 0.378. The standard InChI is InChI=1S/C30H36N2O2/c33-27-13-12-24-21-26(11-10-25(24)22-27)29-6-1-2-7-30(29)31-16-3-5-23-8-14-28(15-9-23)34-20-19-32-17-4-18-32/h1-2,6-9,12-15,22,26,31,33H,3-5,10-11,16-21H2. The van der Waals surface area contributed by atoms with Crippen molar-refractivity contribution >= 4 is 5.69 Å². The maximum atomic E-state index is 9.78. The van der Waals surface area contributed by atoms with Gasteiger partial charge in [0.15, 0.2) is 0 Å². The van der Waals surface area contributed by atoms with Crippen LogP contribution in [-0.4, -0.2) is 42.8 Å². The van der Waals surface area contributed by atoms with Crippen LogP contribution in [0.15, 0.2) is 66.7 Å². The third-order valence-electron chi connectivity index (χ3n) is 7.32. The Morgan fingerprint density at radius 3 is 2.65 bits per heavy atom. The van der Waals surface area contributed by atoms with Crippen LogP contribution in [0.5, 0.6) is 11.5 Å². The first kappa shape index (κ1) is 22.8. The first-order valence-corrected chi connectivity index (χ1v) is 12.8. The highest BCUT2D eigenvalue weighted by Gasteiger charge is 2.22. The summed E-state index contributed by atoms with van der Waals surface area (Å²) in [6.45, 7) is 5.22. The summed E-state index contributed by atoms with van der Waals surface area (Å²) in [7, 11) is 0. The summed E-state index contributed by atoms with van der Waals surface area (Å²) >= 11 is 0. The van der Waals surface area contributed by atoms with Crippen molar-refractivity contribution < 1.29 is 9.84 Å². The van der Waals surface area contributed by atoms with Crippen molar-refractivity contribution in [3.63, 3.8) is 0 Å². The fourth-order valence-corrected chi connectivity index (χ4v) is 5.19. The van der Waals surface area contributed by atoms with Gasteiger partial charge in [0.1, 0.15) is 18.1 Å². The van der Waals surface area contributed by atoms with Gasteiger partial charge in [-0.05, 0) is 110 Å². The molecule has 3 aromatic rings. The summed E-state index contributed by atoms with van der Waals surface area (Å²) in [5.41, 5.74) is 6.71. The molecule has 1 aliphatic carbocycles. The summed E-state index contributed by atoms with van der Waals surface area (Å²) in [5, 5.41) is 13.5. The van der Waals surface area contributed by atoms with Crippen LogP contribution < -0.4 is 10.1 Å². The lowest BCUT2D eigenvalue weighted by Crippen LogP contribution is -2.39. The molecule has 0 saturated carbocycles. The maximum absolute atomic E-state index is 9.78. The molecule has 5 rings (SSSR count). The Morgan fingerprint density at radius 2 is 1.82 bits per heavy atom. The van der Waals surface area contributed by atoms with E-state index in [1.54, 1.807) is 0 Å². The largest absolute Gasteiger partial charge is 0.508 e. The lowest BCUT2D eigenvalue weighted by molar-refractivity contribution is 0.147. The molecule has 178 valence electrons. The number of hydrogen-bond acceptors (Lipinski definition) is 4. The van der Waals surface area contributed by atoms with E-state index >= 15 is 0 Å². The zero-order valence-electron chi connectivity index (χ0n) is 20.0. The highest BCUT2D eigenvalue weighted by atomic mass is 16.5. The molecule has 1 unspecified atom stereocenters. The average molecular weight is 457 g/mol. The number of fused-ring (bicyclic) bond motifs is 1. The quantitative estimate of drug-likeness (QED) is 0.379. The number of phenolic OH excluding ortho intramolecular Hbond substituents is 1. The molecule has 1 atom stereocenters. The monoisotopic (exact) mass is 456 g/mol. The molecule has 1 aliphatic heterocycles. The molecule has 0 radical (unpaired) electrons. The first-order valence-electron chi connectivity index (χ1n) is 12.8. The van der Waals surface area contributed by atoms with E-state index in [2.05, 4.69) is 64.8 Å². The Labute approximate surface area is 203 Å². The molecule has 4 heteroatoms. The van der Waals surface area contributed by atoms with Crippen LogP contribution in [0.4, 0.5) is 5.69 Å². The topological polar surface area (TPSA) is 44.7 Å². The number of anilines is 1. The lowest BCUT2D eigenvalue weighted by Gasteiger charge is -2.30. The van der Waals surface area contributed by atoms with Crippen LogP contribution in [0.2, 0.25) is 0 Å². The SMILES string of the molecule is Oc1ccc2c(c1)CCC(c1ccccc1NCCCc1ccc(OCCN3CCC3)cc1)C2. The number of nitrogens with one attached hydrogen (secondary N) is 1. The second-order valence-corrected chi connectivity index (χ2v) is 9.70. The molecular weight excluding hydrogens is 420 g/mol. The number of likely N-dealkylation sites (tertiary alicyclic amines) is 1. The van der Waals surface area contributed by atoms with Gasteiger partial charge in [-0.2, -0.15) is 0 Å². The molecule has 2 aliphatic rings. The number of ether oxygens (including phenoxy) is 1. The van der Waals surface area contributed by atoms with Crippen LogP contribution in [0, 0.1) is 0 Å². The van der Waals surface area contributed by atoms with Crippen LogP contribution in [0.1, 0.15) is 47.4 Å². The second-order valence-electron chi connectivity index (χ2n) is 9.70. The fraction of sp³-hybridized carbons (Fsp3) is 0.400. The number of phenols is 1. The van der Waals surface area contributed by atoms with E-state index in [9.17, 15) is 5.11 Å². The van der Waals surface area contributed by atoms with E-state index in [1.165, 1.54) is 47.5 Å². The van der Waals surface area contributed by atoms with Gasteiger partial charge in [0.05, 0.1) is 0 Å². The summed E-state index contributed by atoms with van der Waals surface area (Å²) in [6, 6.07) is 23.2. The van der Waals surface area contributed by atoms with Gasteiger partial charge in [0.25, 0.3) is 0 Å². The molecule has 2 N–H and O–H groups in total. The van der Waals surface area contributed by atoms with Crippen molar-refractivity contribution in [1.82, 2.24) is 4.90 Å². The van der Waals surface area contributed by atoms with Gasteiger partial charge in [0.2, 0.25) is 0 Å². The molecule has 0 aromatic heterocycles. The van der Waals surface area contributed by atoms with E-state index < -0.39 is 0 Å². The smallest absolute Gasteiger partial charge is 0.119 e. The van der Waals surface area contributed by atoms with Gasteiger partial charge in [-0.25, -0.2) is 0 Å². The summed E-state index contributed by atoms with van der Waals surface area (Å²) in [6.07, 6.45) is 6.68. The minimum absolute atomic E-state index is 0.378. The summed E-state index contributed by atoms with van der Waals surface area (Å²) in [4.78, 5) is 2.43. The van der Waals surface area contributed by atoms with Gasteiger partial charge >= 0.3 is 0 Å². The number of nitrogens with zero attached hydrogens (tertiary/aromatic N) is 1. The van der Waals surface area contributed by atoms with E-state index in [1.807, 2.05) is 12.1 Å². The summed E-state index contributed by atoms with van der Waals surface area (Å²) in [5.74, 6) is 1.87. The van der Waals surface area contributed by atoms with Crippen LogP contribution in [0.25, 0.3) is 0 Å². The molecule has 1 heterocycles. The Balaban J connectivity index is 1.09. The van der Waals surface area contributed by atoms with E-state index in [4.69, 9.17) is 4.74 Å². The van der Waals surface area contributed by atoms with Gasteiger partial charge < -0.3 is 15.2 Å². The average Bonchev–Trinajstić information content (AvgIpc) is 2.84. The zero-order chi connectivity index (χ0) is 23.2. The molecule has 0 bridgehead atoms. The van der Waals surface area contributed by atoms with Crippen LogP contribution in [0.3, 0.4) is 0 Å². The fourth-order valence-electron chi connectivity index (χ4n) is 5.19. The molecule has 34 heavy (non-hydrogen) atoms. The van der Waals surface area contributed by atoms with Crippen molar-refractivity contribution in [3.05, 3.63) is 89.0 Å². The molecule has 1 saturated heterocycles. The number of benzene rings is 3. The third kappa shape index (κ3) is 5.74. The summed E-state index contributed by atoms with van der Waals surface area (Å²) < 4.78 is 5.88. The van der Waals surface area contributed by atoms with Crippen molar-refractivity contribution in [1.29, 1.82) is 0 Å². The highest BCUT2D eigenvalue weighted by Crippen LogP contribution is 2.37. The van der Waals surface area contributed by atoms with Gasteiger partial charge in [0, 0.05) is 18.8 Å². The van der Waals surface area contributed by atoms with Gasteiger partial charge in [-0.1, -0.05) is 36.4 Å². The molecule has 1 fully saturated rings. The Bertz CT molecular complexity index is 1080. The molecule has 0 spiro atoms. The highest BCUT2D eigenvalue weighted by molar-refractivity contribution is 5.54. The first-order chi connectivity index (χ1) is 16.7. The predicted molar refractivity (Wildman–Crippen MR) is 139 cm³/mol. The normalized spacial score (nSPS) is 17.6. The predicted octanol–water partition coefficient (Wildman–Crippen LogP) is 5.79. The maximum Gasteiger partial charge on any atom is 0.119 e. The third-order valence-corrected chi connectivity index (χ3v) is 7.32. The van der Waals surface area contributed by atoms with Crippen LogP contribution >= 0.6 is 0 Å². The van der Waals surface area contributed by atoms with E-state index in [0.717, 1.165) is 57.6 Å². The Morgan fingerprint density at radius 1 is 0.971 bits per heavy atom. The lowest BCUT2D eigenvalue weighted by atomic mass is 9.79. The molecule has 0 amide bonds. The Hall–Kier alpha value is -2.98. The molecule has 4 nitrogen and oxygen atoms in total. The van der Waals surface area contributed by atoms with Crippen molar-refractivity contribution in [2.75, 3.05) is 38.1 Å². The van der Waals surface area contributed by atoms with Crippen molar-refractivity contribution in [2.45, 2.75) is 44.4 Å². The van der Waals surface area contributed by atoms with E-state index in [-0.39, 0.29) is 0 Å². The van der Waals surface area contributed by atoms with Gasteiger partial charge in [-0.15, -0.1) is 0 Å². The van der Waals surface area contributed by atoms with Crippen molar-refractivity contribution in [2.24, 2.45) is 0 Å². The second kappa shape index (κ2) is 11.0. The molecule has 3 aromatic carbocycles. The van der Waals surface area contributed by atoms with Crippen LogP contribution in [-0.2, 0) is 19.3 Å². The molecular formula is C30H36N2O2. The number of aromatic hydroxyl groups is 1. The number of para-hydroxylation sites is 1. The number of aryl methyl sites for hydroxylation is 2.